The average Bonchev–Trinajstić information content (AvgIpc) is 3.13. The van der Waals surface area contributed by atoms with Crippen LogP contribution in [0, 0.1) is 6.92 Å². The molecule has 0 unspecified atom stereocenters. The number of aryl methyl sites for hydroxylation is 1. The van der Waals surface area contributed by atoms with Gasteiger partial charge in [-0.1, -0.05) is 60.3 Å². The van der Waals surface area contributed by atoms with Crippen LogP contribution in [0.4, 0.5) is 0 Å². The lowest BCUT2D eigenvalue weighted by molar-refractivity contribution is -0.119. The number of hydrogen-bond acceptors (Lipinski definition) is 5. The first kappa shape index (κ1) is 20.8. The maximum atomic E-state index is 12.6. The number of aromatic nitrogens is 3. The van der Waals surface area contributed by atoms with Crippen LogP contribution < -0.4 is 5.32 Å². The van der Waals surface area contributed by atoms with Gasteiger partial charge in [-0.15, -0.1) is 10.2 Å². The minimum atomic E-state index is -0.0772. The molecule has 1 heterocycles. The van der Waals surface area contributed by atoms with Gasteiger partial charge in [0.2, 0.25) is 5.91 Å². The van der Waals surface area contributed by atoms with Gasteiger partial charge in [0.05, 0.1) is 5.75 Å². The molecule has 1 N–H and O–H groups in total. The predicted molar refractivity (Wildman–Crippen MR) is 115 cm³/mol. The van der Waals surface area contributed by atoms with Crippen LogP contribution in [-0.4, -0.2) is 32.2 Å². The fraction of sp³-hybridized carbons (Fsp3) is 0.273. The van der Waals surface area contributed by atoms with Crippen LogP contribution in [0.5, 0.6) is 0 Å². The van der Waals surface area contributed by atoms with E-state index in [1.54, 1.807) is 12.1 Å². The average molecular weight is 409 g/mol. The van der Waals surface area contributed by atoms with Gasteiger partial charge in [0.25, 0.3) is 0 Å². The highest BCUT2D eigenvalue weighted by molar-refractivity contribution is 7.99. The number of benzene rings is 2. The van der Waals surface area contributed by atoms with Crippen molar-refractivity contribution in [1.29, 1.82) is 0 Å². The van der Waals surface area contributed by atoms with E-state index in [1.165, 1.54) is 18.7 Å². The SMILES string of the molecule is CCn1c(SCC(=O)c2ccc(CNC(C)=O)cc2)nnc1-c1ccccc1C. The van der Waals surface area contributed by atoms with Crippen molar-refractivity contribution in [3.8, 4) is 11.4 Å². The van der Waals surface area contributed by atoms with Crippen molar-refractivity contribution < 1.29 is 9.59 Å². The van der Waals surface area contributed by atoms with Gasteiger partial charge in [0, 0.05) is 31.1 Å². The van der Waals surface area contributed by atoms with Crippen LogP contribution in [-0.2, 0) is 17.9 Å². The van der Waals surface area contributed by atoms with Gasteiger partial charge < -0.3 is 9.88 Å². The maximum absolute atomic E-state index is 12.6. The Bertz CT molecular complexity index is 1010. The fourth-order valence-corrected chi connectivity index (χ4v) is 3.85. The van der Waals surface area contributed by atoms with E-state index in [-0.39, 0.29) is 17.4 Å². The van der Waals surface area contributed by atoms with Crippen LogP contribution in [0.1, 0.15) is 35.3 Å². The molecule has 0 spiro atoms. The second-order valence-electron chi connectivity index (χ2n) is 6.68. The summed E-state index contributed by atoms with van der Waals surface area (Å²) in [5, 5.41) is 12.2. The largest absolute Gasteiger partial charge is 0.352 e. The molecule has 1 aromatic heterocycles. The van der Waals surface area contributed by atoms with Crippen molar-refractivity contribution in [3.05, 3.63) is 65.2 Å². The minimum Gasteiger partial charge on any atom is -0.352 e. The first-order chi connectivity index (χ1) is 14.0. The second-order valence-corrected chi connectivity index (χ2v) is 7.63. The topological polar surface area (TPSA) is 76.9 Å². The number of hydrogen-bond donors (Lipinski definition) is 1. The molecule has 7 heteroatoms. The standard InChI is InChI=1S/C22H24N4O2S/c1-4-26-21(19-8-6-5-7-15(19)2)24-25-22(26)29-14-20(28)18-11-9-17(10-12-18)13-23-16(3)27/h5-12H,4,13-14H2,1-3H3,(H,23,27). The molecule has 1 amide bonds. The lowest BCUT2D eigenvalue weighted by Crippen LogP contribution is -2.18. The summed E-state index contributed by atoms with van der Waals surface area (Å²) >= 11 is 1.40. The van der Waals surface area contributed by atoms with Crippen LogP contribution in [0.2, 0.25) is 0 Å². The predicted octanol–water partition coefficient (Wildman–Crippen LogP) is 3.88. The number of thioether (sulfide) groups is 1. The van der Waals surface area contributed by atoms with E-state index in [0.717, 1.165) is 34.2 Å². The number of carbonyl (C=O) groups is 2. The Hall–Kier alpha value is -2.93. The molecule has 0 bridgehead atoms. The number of carbonyl (C=O) groups excluding carboxylic acids is 2. The van der Waals surface area contributed by atoms with E-state index in [9.17, 15) is 9.59 Å². The van der Waals surface area contributed by atoms with Crippen molar-refractivity contribution in [1.82, 2.24) is 20.1 Å². The third-order valence-corrected chi connectivity index (χ3v) is 5.54. The normalized spacial score (nSPS) is 10.7. The highest BCUT2D eigenvalue weighted by Gasteiger charge is 2.16. The molecule has 0 aliphatic heterocycles. The summed E-state index contributed by atoms with van der Waals surface area (Å²) in [6.07, 6.45) is 0. The van der Waals surface area contributed by atoms with E-state index in [2.05, 4.69) is 28.5 Å². The maximum Gasteiger partial charge on any atom is 0.217 e. The monoisotopic (exact) mass is 408 g/mol. The minimum absolute atomic E-state index is 0.0316. The van der Waals surface area contributed by atoms with Crippen LogP contribution in [0.3, 0.4) is 0 Å². The van der Waals surface area contributed by atoms with Crippen molar-refractivity contribution >= 4 is 23.5 Å². The summed E-state index contributed by atoms with van der Waals surface area (Å²) in [4.78, 5) is 23.6. The molecule has 0 fully saturated rings. The summed E-state index contributed by atoms with van der Waals surface area (Å²) in [6.45, 7) is 6.76. The summed E-state index contributed by atoms with van der Waals surface area (Å²) in [7, 11) is 0. The van der Waals surface area contributed by atoms with E-state index in [1.807, 2.05) is 41.8 Å². The number of Topliss-reactive ketones (excluding diaryl/α,β-unsaturated/α-hetero) is 1. The Balaban J connectivity index is 1.68. The van der Waals surface area contributed by atoms with Crippen LogP contribution in [0.25, 0.3) is 11.4 Å². The summed E-state index contributed by atoms with van der Waals surface area (Å²) < 4.78 is 2.04. The van der Waals surface area contributed by atoms with Gasteiger partial charge in [0.15, 0.2) is 16.8 Å². The Morgan fingerprint density at radius 3 is 2.45 bits per heavy atom. The van der Waals surface area contributed by atoms with Crippen LogP contribution in [0.15, 0.2) is 53.7 Å². The van der Waals surface area contributed by atoms with Gasteiger partial charge in [0.1, 0.15) is 0 Å². The van der Waals surface area contributed by atoms with Crippen molar-refractivity contribution in [2.45, 2.75) is 39.0 Å². The zero-order chi connectivity index (χ0) is 20.8. The third-order valence-electron chi connectivity index (χ3n) is 4.57. The third kappa shape index (κ3) is 5.12. The fourth-order valence-electron chi connectivity index (χ4n) is 2.95. The number of ketones is 1. The summed E-state index contributed by atoms with van der Waals surface area (Å²) in [5.41, 5.74) is 3.79. The van der Waals surface area contributed by atoms with Crippen molar-refractivity contribution in [3.63, 3.8) is 0 Å². The lowest BCUT2D eigenvalue weighted by Gasteiger charge is -2.09. The van der Waals surface area contributed by atoms with Gasteiger partial charge in [-0.05, 0) is 25.0 Å². The molecule has 6 nitrogen and oxygen atoms in total. The van der Waals surface area contributed by atoms with Gasteiger partial charge in [-0.25, -0.2) is 0 Å². The molecular weight excluding hydrogens is 384 g/mol. The van der Waals surface area contributed by atoms with Gasteiger partial charge in [-0.3, -0.25) is 9.59 Å². The lowest BCUT2D eigenvalue weighted by atomic mass is 10.1. The first-order valence-electron chi connectivity index (χ1n) is 9.48. The molecule has 0 radical (unpaired) electrons. The Kier molecular flexibility index (Phi) is 6.82. The highest BCUT2D eigenvalue weighted by Crippen LogP contribution is 2.26. The van der Waals surface area contributed by atoms with E-state index >= 15 is 0 Å². The molecule has 2 aromatic carbocycles. The number of nitrogens with zero attached hydrogens (tertiary/aromatic N) is 3. The Morgan fingerprint density at radius 2 is 1.79 bits per heavy atom. The Labute approximate surface area is 174 Å². The zero-order valence-corrected chi connectivity index (χ0v) is 17.6. The van der Waals surface area contributed by atoms with Gasteiger partial charge >= 0.3 is 0 Å². The molecule has 29 heavy (non-hydrogen) atoms. The molecule has 3 aromatic rings. The highest BCUT2D eigenvalue weighted by atomic mass is 32.2. The number of nitrogens with one attached hydrogen (secondary N) is 1. The molecule has 0 aliphatic rings. The summed E-state index contributed by atoms with van der Waals surface area (Å²) in [5.74, 6) is 1.07. The summed E-state index contributed by atoms with van der Waals surface area (Å²) in [6, 6.07) is 15.4. The number of rotatable bonds is 8. The van der Waals surface area contributed by atoms with Gasteiger partial charge in [-0.2, -0.15) is 0 Å². The van der Waals surface area contributed by atoms with Crippen molar-refractivity contribution in [2.24, 2.45) is 0 Å². The zero-order valence-electron chi connectivity index (χ0n) is 16.8. The second kappa shape index (κ2) is 9.52. The molecule has 0 atom stereocenters. The molecule has 3 rings (SSSR count). The van der Waals surface area contributed by atoms with E-state index < -0.39 is 0 Å². The molecular formula is C22H24N4O2S. The number of amides is 1. The molecule has 0 aliphatic carbocycles. The van der Waals surface area contributed by atoms with Crippen LogP contribution >= 0.6 is 11.8 Å². The van der Waals surface area contributed by atoms with Crippen molar-refractivity contribution in [2.75, 3.05) is 5.75 Å². The first-order valence-corrected chi connectivity index (χ1v) is 10.5. The molecule has 0 saturated carbocycles. The smallest absolute Gasteiger partial charge is 0.217 e. The molecule has 0 saturated heterocycles. The van der Waals surface area contributed by atoms with E-state index in [4.69, 9.17) is 0 Å². The Morgan fingerprint density at radius 1 is 1.07 bits per heavy atom. The quantitative estimate of drug-likeness (QED) is 0.452. The van der Waals surface area contributed by atoms with E-state index in [0.29, 0.717) is 12.1 Å². The molecule has 150 valence electrons.